The van der Waals surface area contributed by atoms with Gasteiger partial charge in [0.1, 0.15) is 23.0 Å². The highest BCUT2D eigenvalue weighted by atomic mass is 19.4. The molecule has 1 aliphatic rings. The molecule has 0 saturated heterocycles. The Kier molecular flexibility index (Phi) is 5.75. The minimum absolute atomic E-state index is 0.130. The van der Waals surface area contributed by atoms with Crippen LogP contribution in [0.2, 0.25) is 0 Å². The number of rotatable bonds is 4. The number of carbonyl (C=O) groups is 1. The molecular weight excluding hydrogens is 461 g/mol. The first kappa shape index (κ1) is 23.5. The third-order valence-electron chi connectivity index (χ3n) is 5.58. The lowest BCUT2D eigenvalue weighted by Gasteiger charge is -2.42. The number of nitrogens with one attached hydrogen (secondary N) is 1. The Balaban J connectivity index is 1.88. The second-order valence-electron chi connectivity index (χ2n) is 8.11. The van der Waals surface area contributed by atoms with Crippen molar-refractivity contribution in [1.29, 1.82) is 0 Å². The molecule has 0 spiro atoms. The van der Waals surface area contributed by atoms with Crippen LogP contribution < -0.4 is 11.1 Å². The van der Waals surface area contributed by atoms with E-state index in [1.807, 2.05) is 0 Å². The van der Waals surface area contributed by atoms with Crippen molar-refractivity contribution in [3.8, 4) is 11.3 Å². The van der Waals surface area contributed by atoms with Crippen LogP contribution in [0.15, 0.2) is 30.5 Å². The van der Waals surface area contributed by atoms with Crippen molar-refractivity contribution in [2.24, 2.45) is 5.73 Å². The van der Waals surface area contributed by atoms with Crippen LogP contribution in [0.25, 0.3) is 11.3 Å². The van der Waals surface area contributed by atoms with Gasteiger partial charge >= 0.3 is 6.18 Å². The summed E-state index contributed by atoms with van der Waals surface area (Å²) < 4.78 is 68.6. The van der Waals surface area contributed by atoms with Gasteiger partial charge in [-0.05, 0) is 38.1 Å². The predicted octanol–water partition coefficient (Wildman–Crippen LogP) is 3.42. The largest absolute Gasteiger partial charge is 0.433 e. The molecule has 3 N–H and O–H groups in total. The summed E-state index contributed by atoms with van der Waals surface area (Å²) in [7, 11) is 0. The summed E-state index contributed by atoms with van der Waals surface area (Å²) in [6, 6.07) is 3.87. The topological polar surface area (TPSA) is 102 Å². The second-order valence-corrected chi connectivity index (χ2v) is 8.11. The van der Waals surface area contributed by atoms with Crippen molar-refractivity contribution >= 4 is 17.7 Å². The molecule has 2 aromatic heterocycles. The zero-order chi connectivity index (χ0) is 24.8. The van der Waals surface area contributed by atoms with E-state index in [0.717, 1.165) is 24.4 Å². The summed E-state index contributed by atoms with van der Waals surface area (Å²) in [6.45, 7) is 3.70. The van der Waals surface area contributed by atoms with Crippen molar-refractivity contribution in [1.82, 2.24) is 24.4 Å². The van der Waals surface area contributed by atoms with E-state index in [1.54, 1.807) is 18.4 Å². The normalized spacial score (nSPS) is 15.2. The van der Waals surface area contributed by atoms with Gasteiger partial charge in [-0.3, -0.25) is 4.79 Å². The fourth-order valence-electron chi connectivity index (χ4n) is 3.94. The number of amides is 1. The van der Waals surface area contributed by atoms with Gasteiger partial charge in [0, 0.05) is 24.8 Å². The maximum absolute atomic E-state index is 14.0. The number of carbonyl (C=O) groups excluding carboxylic acids is 1. The van der Waals surface area contributed by atoms with Gasteiger partial charge in [-0.25, -0.2) is 23.7 Å². The summed E-state index contributed by atoms with van der Waals surface area (Å²) >= 11 is 0. The molecule has 1 amide bonds. The summed E-state index contributed by atoms with van der Waals surface area (Å²) in [5, 5.41) is 2.76. The van der Waals surface area contributed by atoms with Crippen LogP contribution in [0.5, 0.6) is 0 Å². The van der Waals surface area contributed by atoms with Gasteiger partial charge in [0.2, 0.25) is 11.9 Å². The number of anilines is 2. The van der Waals surface area contributed by atoms with Gasteiger partial charge < -0.3 is 20.5 Å². The molecule has 0 aliphatic carbocycles. The molecule has 3 heterocycles. The van der Waals surface area contributed by atoms with E-state index in [2.05, 4.69) is 20.3 Å². The van der Waals surface area contributed by atoms with Gasteiger partial charge in [0.25, 0.3) is 0 Å². The molecule has 0 atom stereocenters. The van der Waals surface area contributed by atoms with Crippen LogP contribution in [0, 0.1) is 11.6 Å². The first-order valence-corrected chi connectivity index (χ1v) is 10.2. The van der Waals surface area contributed by atoms with Crippen molar-refractivity contribution in [3.63, 3.8) is 0 Å². The van der Waals surface area contributed by atoms with E-state index in [-0.39, 0.29) is 48.6 Å². The number of hydrogen-bond donors (Lipinski definition) is 2. The molecule has 0 saturated carbocycles. The number of imidazole rings is 1. The Bertz CT molecular complexity index is 1250. The van der Waals surface area contributed by atoms with Gasteiger partial charge in [-0.2, -0.15) is 13.2 Å². The van der Waals surface area contributed by atoms with E-state index in [1.165, 1.54) is 11.0 Å². The zero-order valence-electron chi connectivity index (χ0n) is 18.1. The number of nitrogens with zero attached hydrogens (tertiary/aromatic N) is 5. The third-order valence-corrected chi connectivity index (χ3v) is 5.58. The van der Waals surface area contributed by atoms with Crippen molar-refractivity contribution < 1.29 is 26.7 Å². The number of halogens is 5. The lowest BCUT2D eigenvalue weighted by atomic mass is 9.99. The minimum atomic E-state index is -4.69. The van der Waals surface area contributed by atoms with E-state index in [9.17, 15) is 26.7 Å². The molecule has 8 nitrogen and oxygen atoms in total. The van der Waals surface area contributed by atoms with Gasteiger partial charge in [0.15, 0.2) is 11.6 Å². The SMILES string of the molecule is CC1(C)c2nc(-c3ccc(F)c(F)c3)c(Nc3nccc(C(F)(F)F)n3)n2CCN1C(=O)CN. The summed E-state index contributed by atoms with van der Waals surface area (Å²) in [5.74, 6) is -2.32. The Labute approximate surface area is 190 Å². The van der Waals surface area contributed by atoms with Crippen LogP contribution >= 0.6 is 0 Å². The predicted molar refractivity (Wildman–Crippen MR) is 112 cm³/mol. The Morgan fingerprint density at radius 1 is 1.15 bits per heavy atom. The zero-order valence-corrected chi connectivity index (χ0v) is 18.1. The fraction of sp³-hybridized carbons (Fsp3) is 0.333. The average molecular weight is 481 g/mol. The maximum atomic E-state index is 14.0. The molecule has 0 bridgehead atoms. The maximum Gasteiger partial charge on any atom is 0.433 e. The lowest BCUT2D eigenvalue weighted by molar-refractivity contribution is -0.141. The molecule has 180 valence electrons. The van der Waals surface area contributed by atoms with E-state index >= 15 is 0 Å². The minimum Gasteiger partial charge on any atom is -0.327 e. The van der Waals surface area contributed by atoms with Crippen LogP contribution in [-0.4, -0.2) is 43.4 Å². The number of hydrogen-bond acceptors (Lipinski definition) is 6. The van der Waals surface area contributed by atoms with Crippen LogP contribution in [-0.2, 0) is 23.1 Å². The average Bonchev–Trinajstić information content (AvgIpc) is 3.14. The molecule has 0 radical (unpaired) electrons. The number of fused-ring (bicyclic) bond motifs is 1. The first-order chi connectivity index (χ1) is 15.9. The van der Waals surface area contributed by atoms with Crippen molar-refractivity contribution in [2.45, 2.75) is 32.1 Å². The highest BCUT2D eigenvalue weighted by Crippen LogP contribution is 2.39. The van der Waals surface area contributed by atoms with Crippen molar-refractivity contribution in [2.75, 3.05) is 18.4 Å². The molecule has 3 aromatic rings. The molecule has 34 heavy (non-hydrogen) atoms. The van der Waals surface area contributed by atoms with Crippen LogP contribution in [0.4, 0.5) is 33.7 Å². The molecule has 1 aromatic carbocycles. The number of alkyl halides is 3. The molecule has 13 heteroatoms. The Hall–Kier alpha value is -3.61. The Morgan fingerprint density at radius 3 is 2.53 bits per heavy atom. The lowest BCUT2D eigenvalue weighted by Crippen LogP contribution is -2.53. The highest BCUT2D eigenvalue weighted by Gasteiger charge is 2.41. The molecule has 4 rings (SSSR count). The monoisotopic (exact) mass is 481 g/mol. The van der Waals surface area contributed by atoms with E-state index < -0.39 is 29.0 Å². The Morgan fingerprint density at radius 2 is 1.88 bits per heavy atom. The summed E-state index contributed by atoms with van der Waals surface area (Å²) in [4.78, 5) is 25.9. The second kappa shape index (κ2) is 8.31. The van der Waals surface area contributed by atoms with Crippen LogP contribution in [0.1, 0.15) is 25.4 Å². The summed E-state index contributed by atoms with van der Waals surface area (Å²) in [6.07, 6.45) is -3.74. The van der Waals surface area contributed by atoms with Crippen molar-refractivity contribution in [3.05, 3.63) is 53.6 Å². The molecule has 0 unspecified atom stereocenters. The third kappa shape index (κ3) is 4.06. The summed E-state index contributed by atoms with van der Waals surface area (Å²) in [5.41, 5.74) is 3.72. The number of aromatic nitrogens is 4. The fourth-order valence-corrected chi connectivity index (χ4v) is 3.94. The standard InChI is InChI=1S/C21H20F5N7O/c1-20(2)18-30-16(11-3-4-12(22)13(23)9-11)17(32(18)7-8-33(20)15(34)10-27)31-19-28-6-5-14(29-19)21(24,25)26/h3-6,9H,7-8,10,27H2,1-2H3,(H,28,29,31). The van der Waals surface area contributed by atoms with E-state index in [0.29, 0.717) is 5.82 Å². The first-order valence-electron chi connectivity index (χ1n) is 10.2. The molecular formula is C21H20F5N7O. The van der Waals surface area contributed by atoms with Gasteiger partial charge in [0.05, 0.1) is 12.1 Å². The highest BCUT2D eigenvalue weighted by molar-refractivity contribution is 5.80. The van der Waals surface area contributed by atoms with Gasteiger partial charge in [-0.1, -0.05) is 0 Å². The number of benzene rings is 1. The molecule has 0 fully saturated rings. The van der Waals surface area contributed by atoms with Crippen LogP contribution in [0.3, 0.4) is 0 Å². The number of nitrogens with two attached hydrogens (primary N) is 1. The van der Waals surface area contributed by atoms with Gasteiger partial charge in [-0.15, -0.1) is 0 Å². The smallest absolute Gasteiger partial charge is 0.327 e. The molecule has 1 aliphatic heterocycles. The van der Waals surface area contributed by atoms with E-state index in [4.69, 9.17) is 5.73 Å². The quantitative estimate of drug-likeness (QED) is 0.554.